The van der Waals surface area contributed by atoms with Gasteiger partial charge in [-0.2, -0.15) is 0 Å². The number of anilines is 1. The molecule has 0 fully saturated rings. The zero-order valence-corrected chi connectivity index (χ0v) is 9.10. The van der Waals surface area contributed by atoms with E-state index in [1.165, 1.54) is 11.8 Å². The molecule has 2 aromatic rings. The molecule has 2 heterocycles. The van der Waals surface area contributed by atoms with Crippen LogP contribution < -0.4 is 5.73 Å². The van der Waals surface area contributed by atoms with Crippen molar-refractivity contribution in [1.29, 1.82) is 0 Å². The van der Waals surface area contributed by atoms with Crippen molar-refractivity contribution in [3.63, 3.8) is 0 Å². The van der Waals surface area contributed by atoms with Crippen LogP contribution in [0.2, 0.25) is 0 Å². The van der Waals surface area contributed by atoms with Crippen LogP contribution in [0, 0.1) is 6.92 Å². The number of thiazole rings is 1. The van der Waals surface area contributed by atoms with Crippen LogP contribution in [0.25, 0.3) is 0 Å². The molecule has 0 saturated carbocycles. The first kappa shape index (κ1) is 9.42. The topological polar surface area (TPSA) is 64.7 Å². The summed E-state index contributed by atoms with van der Waals surface area (Å²) in [4.78, 5) is 12.2. The summed E-state index contributed by atoms with van der Waals surface area (Å²) in [5.41, 5.74) is 6.52. The predicted molar refractivity (Wildman–Crippen MR) is 57.4 cm³/mol. The van der Waals surface area contributed by atoms with E-state index >= 15 is 0 Å². The number of hydrogen-bond acceptors (Lipinski definition) is 6. The van der Waals surface area contributed by atoms with Gasteiger partial charge in [-0.15, -0.1) is 11.3 Å². The Balaban J connectivity index is 2.28. The molecule has 4 nitrogen and oxygen atoms in total. The molecule has 6 heteroatoms. The van der Waals surface area contributed by atoms with Crippen molar-refractivity contribution in [3.05, 3.63) is 23.3 Å². The largest absolute Gasteiger partial charge is 0.368 e. The summed E-state index contributed by atoms with van der Waals surface area (Å²) in [7, 11) is 0. The summed E-state index contributed by atoms with van der Waals surface area (Å²) in [6.45, 7) is 1.95. The first-order valence-electron chi connectivity index (χ1n) is 3.92. The molecule has 0 aliphatic rings. The van der Waals surface area contributed by atoms with Crippen LogP contribution in [0.15, 0.2) is 27.1 Å². The zero-order valence-electron chi connectivity index (χ0n) is 7.47. The molecule has 2 aromatic heterocycles. The van der Waals surface area contributed by atoms with Gasteiger partial charge in [0.1, 0.15) is 5.03 Å². The van der Waals surface area contributed by atoms with Crippen LogP contribution in [0.3, 0.4) is 0 Å². The molecule has 0 radical (unpaired) electrons. The maximum atomic E-state index is 5.50. The second kappa shape index (κ2) is 3.93. The lowest BCUT2D eigenvalue weighted by molar-refractivity contribution is 1.02. The third kappa shape index (κ3) is 2.02. The third-order valence-electron chi connectivity index (χ3n) is 1.54. The average Bonchev–Trinajstić information content (AvgIpc) is 2.64. The number of aromatic nitrogens is 3. The minimum absolute atomic E-state index is 0.301. The Morgan fingerprint density at radius 2 is 2.29 bits per heavy atom. The molecule has 72 valence electrons. The van der Waals surface area contributed by atoms with Gasteiger partial charge in [0.25, 0.3) is 0 Å². The molecule has 0 unspecified atom stereocenters. The van der Waals surface area contributed by atoms with E-state index < -0.39 is 0 Å². The summed E-state index contributed by atoms with van der Waals surface area (Å²) in [5.74, 6) is 0.301. The molecular weight excluding hydrogens is 216 g/mol. The Labute approximate surface area is 89.6 Å². The van der Waals surface area contributed by atoms with E-state index in [0.717, 1.165) is 14.9 Å². The lowest BCUT2D eigenvalue weighted by atomic mass is 10.4. The van der Waals surface area contributed by atoms with Gasteiger partial charge in [-0.25, -0.2) is 15.0 Å². The molecule has 2 rings (SSSR count). The number of nitrogens with two attached hydrogens (primary N) is 1. The molecule has 0 atom stereocenters. The van der Waals surface area contributed by atoms with Crippen molar-refractivity contribution >= 4 is 29.0 Å². The lowest BCUT2D eigenvalue weighted by Gasteiger charge is -2.01. The maximum Gasteiger partial charge on any atom is 0.221 e. The van der Waals surface area contributed by atoms with E-state index in [0.29, 0.717) is 5.95 Å². The van der Waals surface area contributed by atoms with Gasteiger partial charge in [-0.1, -0.05) is 0 Å². The summed E-state index contributed by atoms with van der Waals surface area (Å²) in [6.07, 6.45) is 3.49. The van der Waals surface area contributed by atoms with E-state index in [4.69, 9.17) is 5.73 Å². The van der Waals surface area contributed by atoms with Crippen LogP contribution in [0.4, 0.5) is 5.95 Å². The molecular formula is C8H8N4S2. The predicted octanol–water partition coefficient (Wildman–Crippen LogP) is 1.97. The van der Waals surface area contributed by atoms with Crippen LogP contribution in [-0.2, 0) is 0 Å². The van der Waals surface area contributed by atoms with Gasteiger partial charge >= 0.3 is 0 Å². The zero-order chi connectivity index (χ0) is 9.97. The van der Waals surface area contributed by atoms with Crippen molar-refractivity contribution in [2.75, 3.05) is 5.73 Å². The average molecular weight is 224 g/mol. The number of rotatable bonds is 2. The Morgan fingerprint density at radius 1 is 1.43 bits per heavy atom. The van der Waals surface area contributed by atoms with Crippen molar-refractivity contribution in [1.82, 2.24) is 15.0 Å². The summed E-state index contributed by atoms with van der Waals surface area (Å²) >= 11 is 3.09. The monoisotopic (exact) mass is 224 g/mol. The Hall–Kier alpha value is -1.14. The minimum Gasteiger partial charge on any atom is -0.368 e. The summed E-state index contributed by atoms with van der Waals surface area (Å²) in [6, 6.07) is 0. The second-order valence-corrected chi connectivity index (χ2v) is 4.75. The molecule has 0 saturated heterocycles. The van der Waals surface area contributed by atoms with E-state index in [9.17, 15) is 0 Å². The Kier molecular flexibility index (Phi) is 2.64. The highest BCUT2D eigenvalue weighted by Crippen LogP contribution is 2.29. The van der Waals surface area contributed by atoms with Gasteiger partial charge in [0.15, 0.2) is 4.34 Å². The molecule has 0 amide bonds. The maximum absolute atomic E-state index is 5.50. The van der Waals surface area contributed by atoms with Gasteiger partial charge in [0, 0.05) is 23.3 Å². The quantitative estimate of drug-likeness (QED) is 0.790. The fourth-order valence-corrected chi connectivity index (χ4v) is 2.47. The Bertz CT molecular complexity index is 427. The SMILES string of the molecule is Cc1cnc(N)nc1Sc1nccs1. The summed E-state index contributed by atoms with van der Waals surface area (Å²) < 4.78 is 0.964. The van der Waals surface area contributed by atoms with Crippen LogP contribution in [0.1, 0.15) is 5.56 Å². The van der Waals surface area contributed by atoms with Gasteiger partial charge in [0.2, 0.25) is 5.95 Å². The standard InChI is InChI=1S/C8H8N4S2/c1-5-4-11-7(9)12-6(5)14-8-10-2-3-13-8/h2-4H,1H3,(H2,9,11,12). The molecule has 0 aromatic carbocycles. The smallest absolute Gasteiger partial charge is 0.221 e. The van der Waals surface area contributed by atoms with Crippen LogP contribution >= 0.6 is 23.1 Å². The van der Waals surface area contributed by atoms with E-state index in [2.05, 4.69) is 15.0 Å². The van der Waals surface area contributed by atoms with E-state index in [1.54, 1.807) is 23.7 Å². The van der Waals surface area contributed by atoms with Gasteiger partial charge in [0.05, 0.1) is 0 Å². The molecule has 2 N–H and O–H groups in total. The highest BCUT2D eigenvalue weighted by molar-refractivity contribution is 8.01. The van der Waals surface area contributed by atoms with Crippen molar-refractivity contribution in [2.45, 2.75) is 16.3 Å². The first-order chi connectivity index (χ1) is 6.75. The highest BCUT2D eigenvalue weighted by Gasteiger charge is 2.05. The van der Waals surface area contributed by atoms with E-state index in [1.807, 2.05) is 12.3 Å². The highest BCUT2D eigenvalue weighted by atomic mass is 32.2. The lowest BCUT2D eigenvalue weighted by Crippen LogP contribution is -1.96. The van der Waals surface area contributed by atoms with Crippen LogP contribution in [-0.4, -0.2) is 15.0 Å². The molecule has 0 aliphatic carbocycles. The van der Waals surface area contributed by atoms with Gasteiger partial charge in [-0.3, -0.25) is 0 Å². The molecule has 0 spiro atoms. The second-order valence-electron chi connectivity index (χ2n) is 2.62. The molecule has 14 heavy (non-hydrogen) atoms. The fourth-order valence-electron chi connectivity index (χ4n) is 0.886. The van der Waals surface area contributed by atoms with Gasteiger partial charge < -0.3 is 5.73 Å². The number of aryl methyl sites for hydroxylation is 1. The summed E-state index contributed by atoms with van der Waals surface area (Å²) in [5, 5.41) is 2.80. The van der Waals surface area contributed by atoms with Crippen molar-refractivity contribution in [2.24, 2.45) is 0 Å². The molecule has 0 aliphatic heterocycles. The van der Waals surface area contributed by atoms with E-state index in [-0.39, 0.29) is 0 Å². The first-order valence-corrected chi connectivity index (χ1v) is 5.62. The third-order valence-corrected chi connectivity index (χ3v) is 3.53. The van der Waals surface area contributed by atoms with Crippen molar-refractivity contribution in [3.8, 4) is 0 Å². The minimum atomic E-state index is 0.301. The Morgan fingerprint density at radius 3 is 3.00 bits per heavy atom. The van der Waals surface area contributed by atoms with Crippen molar-refractivity contribution < 1.29 is 0 Å². The number of hydrogen-bond donors (Lipinski definition) is 1. The normalized spacial score (nSPS) is 10.4. The number of nitrogens with zero attached hydrogens (tertiary/aromatic N) is 3. The van der Waals surface area contributed by atoms with Gasteiger partial charge in [-0.05, 0) is 18.7 Å². The molecule has 0 bridgehead atoms. The fraction of sp³-hybridized carbons (Fsp3) is 0.125. The number of nitrogen functional groups attached to an aromatic ring is 1. The van der Waals surface area contributed by atoms with Crippen LogP contribution in [0.5, 0.6) is 0 Å².